The first kappa shape index (κ1) is 14.3. The summed E-state index contributed by atoms with van der Waals surface area (Å²) in [4.78, 5) is 16.2. The van der Waals surface area contributed by atoms with Crippen LogP contribution in [-0.2, 0) is 4.74 Å². The average Bonchev–Trinajstić information content (AvgIpc) is 2.75. The first-order chi connectivity index (χ1) is 9.02. The number of carbonyl (C=O) groups excluding carboxylic acids is 1. The molecule has 0 amide bonds. The second kappa shape index (κ2) is 5.90. The van der Waals surface area contributed by atoms with Crippen molar-refractivity contribution in [1.82, 2.24) is 4.98 Å². The van der Waals surface area contributed by atoms with E-state index in [9.17, 15) is 9.90 Å². The zero-order chi connectivity index (χ0) is 14.0. The van der Waals surface area contributed by atoms with Gasteiger partial charge in [0.15, 0.2) is 0 Å². The number of nitrogens with zero attached hydrogens (tertiary/aromatic N) is 1. The number of aryl methyl sites for hydroxylation is 1. The number of phenolic OH excluding ortho intramolecular Hbond substituents is 1. The molecule has 0 radical (unpaired) electrons. The Balaban J connectivity index is 2.38. The number of hydrogen-bond donors (Lipinski definition) is 1. The molecule has 0 saturated carbocycles. The van der Waals surface area contributed by atoms with Crippen LogP contribution in [-0.4, -0.2) is 37.2 Å². The van der Waals surface area contributed by atoms with Crippen LogP contribution >= 0.6 is 15.9 Å². The summed E-state index contributed by atoms with van der Waals surface area (Å²) in [6, 6.07) is 5.20. The monoisotopic (exact) mass is 389 g/mol. The fourth-order valence-electron chi connectivity index (χ4n) is 1.55. The number of aromatic nitrogens is 1. The number of carbonyl (C=O) groups is 1. The fraction of sp³-hybridized carbons (Fsp3) is 0.231. The fourth-order valence-corrected chi connectivity index (χ4v) is 3.93. The van der Waals surface area contributed by atoms with Crippen LogP contribution in [0.15, 0.2) is 22.7 Å². The Hall–Kier alpha value is -1.10. The van der Waals surface area contributed by atoms with Crippen molar-refractivity contribution in [3.8, 4) is 15.9 Å². The quantitative estimate of drug-likeness (QED) is 0.648. The van der Waals surface area contributed by atoms with Gasteiger partial charge in [-0.2, -0.15) is 0 Å². The summed E-state index contributed by atoms with van der Waals surface area (Å²) in [7, 11) is 0. The maximum atomic E-state index is 11.8. The summed E-state index contributed by atoms with van der Waals surface area (Å²) in [5.74, 6) is -0.0956. The van der Waals surface area contributed by atoms with Crippen molar-refractivity contribution in [2.24, 2.45) is 0 Å². The molecule has 0 unspecified atom stereocenters. The molecular formula is C13H12BrNO3Se. The van der Waals surface area contributed by atoms with Crippen LogP contribution in [0.4, 0.5) is 0 Å². The summed E-state index contributed by atoms with van der Waals surface area (Å²) < 4.78 is 7.17. The topological polar surface area (TPSA) is 59.4 Å². The molecule has 0 aliphatic heterocycles. The first-order valence-corrected chi connectivity index (χ1v) is 8.17. The summed E-state index contributed by atoms with van der Waals surface area (Å²) in [5, 5.41) is 9.48. The van der Waals surface area contributed by atoms with Crippen molar-refractivity contribution in [3.05, 3.63) is 32.8 Å². The second-order valence-electron chi connectivity index (χ2n) is 3.82. The summed E-state index contributed by atoms with van der Waals surface area (Å²) in [6.45, 7) is 3.97. The Morgan fingerprint density at radius 1 is 1.53 bits per heavy atom. The molecular weight excluding hydrogens is 377 g/mol. The van der Waals surface area contributed by atoms with E-state index < -0.39 is 0 Å². The van der Waals surface area contributed by atoms with E-state index in [0.717, 1.165) is 15.8 Å². The number of ether oxygens (including phenoxy) is 1. The molecule has 0 saturated heterocycles. The third kappa shape index (κ3) is 3.08. The molecule has 1 aromatic carbocycles. The number of halogens is 1. The zero-order valence-corrected chi connectivity index (χ0v) is 13.7. The van der Waals surface area contributed by atoms with Gasteiger partial charge in [0.05, 0.1) is 0 Å². The normalized spacial score (nSPS) is 10.5. The number of phenols is 1. The Bertz CT molecular complexity index is 624. The van der Waals surface area contributed by atoms with E-state index in [0.29, 0.717) is 15.5 Å². The third-order valence-corrected chi connectivity index (χ3v) is 5.58. The minimum absolute atomic E-state index is 0.160. The van der Waals surface area contributed by atoms with Crippen LogP contribution in [0.5, 0.6) is 5.75 Å². The van der Waals surface area contributed by atoms with Gasteiger partial charge in [-0.1, -0.05) is 0 Å². The summed E-state index contributed by atoms with van der Waals surface area (Å²) >= 11 is 3.11. The molecule has 0 bridgehead atoms. The number of benzene rings is 1. The molecule has 19 heavy (non-hydrogen) atoms. The SMILES string of the molecule is CCOC(=O)c1[se]c(-c2ccc(O)c(Br)c2)nc1C. The van der Waals surface area contributed by atoms with Gasteiger partial charge in [-0.15, -0.1) is 0 Å². The van der Waals surface area contributed by atoms with Crippen LogP contribution in [0.2, 0.25) is 0 Å². The Labute approximate surface area is 125 Å². The first-order valence-electron chi connectivity index (χ1n) is 5.66. The number of esters is 1. The molecule has 4 nitrogen and oxygen atoms in total. The number of aromatic hydroxyl groups is 1. The van der Waals surface area contributed by atoms with Crippen molar-refractivity contribution >= 4 is 36.4 Å². The van der Waals surface area contributed by atoms with Gasteiger partial charge in [-0.25, -0.2) is 0 Å². The van der Waals surface area contributed by atoms with Gasteiger partial charge in [-0.3, -0.25) is 0 Å². The van der Waals surface area contributed by atoms with E-state index in [4.69, 9.17) is 4.74 Å². The van der Waals surface area contributed by atoms with E-state index in [-0.39, 0.29) is 26.2 Å². The Kier molecular flexibility index (Phi) is 4.45. The van der Waals surface area contributed by atoms with Crippen LogP contribution < -0.4 is 0 Å². The molecule has 1 aromatic heterocycles. The standard InChI is InChI=1S/C13H12BrNO3Se/c1-3-18-13(17)11-7(2)15-12(19-11)8-4-5-10(16)9(14)6-8/h4-6,16H,3H2,1-2H3. The predicted molar refractivity (Wildman–Crippen MR) is 76.7 cm³/mol. The molecule has 0 spiro atoms. The molecule has 0 aliphatic carbocycles. The van der Waals surface area contributed by atoms with Gasteiger partial charge < -0.3 is 0 Å². The molecule has 1 N–H and O–H groups in total. The Morgan fingerprint density at radius 3 is 2.89 bits per heavy atom. The minimum atomic E-state index is -0.281. The van der Waals surface area contributed by atoms with Gasteiger partial charge in [0, 0.05) is 0 Å². The molecule has 2 aromatic rings. The van der Waals surface area contributed by atoms with Crippen LogP contribution in [0.1, 0.15) is 21.8 Å². The number of rotatable bonds is 3. The average molecular weight is 389 g/mol. The summed E-state index contributed by atoms with van der Waals surface area (Å²) in [5.41, 5.74) is 1.63. The number of hydrogen-bond acceptors (Lipinski definition) is 4. The van der Waals surface area contributed by atoms with Crippen molar-refractivity contribution in [2.75, 3.05) is 6.61 Å². The van der Waals surface area contributed by atoms with Crippen molar-refractivity contribution in [1.29, 1.82) is 0 Å². The molecule has 6 heteroatoms. The van der Waals surface area contributed by atoms with E-state index in [1.807, 2.05) is 6.92 Å². The summed E-state index contributed by atoms with van der Waals surface area (Å²) in [6.07, 6.45) is 0. The van der Waals surface area contributed by atoms with Gasteiger partial charge in [0.25, 0.3) is 0 Å². The predicted octanol–water partition coefficient (Wildman–Crippen LogP) is 2.76. The molecule has 1 heterocycles. The van der Waals surface area contributed by atoms with E-state index in [2.05, 4.69) is 20.9 Å². The van der Waals surface area contributed by atoms with Crippen LogP contribution in [0.25, 0.3) is 10.1 Å². The van der Waals surface area contributed by atoms with E-state index in [1.54, 1.807) is 25.1 Å². The second-order valence-corrected chi connectivity index (χ2v) is 6.77. The molecule has 2 rings (SSSR count). The third-order valence-electron chi connectivity index (χ3n) is 2.45. The van der Waals surface area contributed by atoms with Gasteiger partial charge in [0.1, 0.15) is 0 Å². The van der Waals surface area contributed by atoms with Gasteiger partial charge in [-0.05, 0) is 0 Å². The van der Waals surface area contributed by atoms with Crippen LogP contribution in [0, 0.1) is 6.92 Å². The van der Waals surface area contributed by atoms with Gasteiger partial charge in [0.2, 0.25) is 0 Å². The molecule has 0 atom stereocenters. The molecule has 0 aliphatic rings. The van der Waals surface area contributed by atoms with Crippen molar-refractivity contribution in [3.63, 3.8) is 0 Å². The maximum absolute atomic E-state index is 11.8. The van der Waals surface area contributed by atoms with Crippen LogP contribution in [0.3, 0.4) is 0 Å². The zero-order valence-electron chi connectivity index (χ0n) is 10.4. The molecule has 0 fully saturated rings. The molecule has 100 valence electrons. The van der Waals surface area contributed by atoms with E-state index >= 15 is 0 Å². The van der Waals surface area contributed by atoms with Gasteiger partial charge >= 0.3 is 125 Å². The van der Waals surface area contributed by atoms with Crippen molar-refractivity contribution in [2.45, 2.75) is 13.8 Å². The Morgan fingerprint density at radius 2 is 2.26 bits per heavy atom. The van der Waals surface area contributed by atoms with E-state index in [1.165, 1.54) is 0 Å². The van der Waals surface area contributed by atoms with Crippen molar-refractivity contribution < 1.29 is 14.6 Å².